The summed E-state index contributed by atoms with van der Waals surface area (Å²) >= 11 is 0. The first-order valence-corrected chi connectivity index (χ1v) is 9.13. The highest BCUT2D eigenvalue weighted by atomic mass is 19.4. The van der Waals surface area contributed by atoms with Crippen molar-refractivity contribution in [1.29, 1.82) is 0 Å². The Morgan fingerprint density at radius 1 is 1.30 bits per heavy atom. The van der Waals surface area contributed by atoms with Crippen LogP contribution in [-0.4, -0.2) is 43.3 Å². The van der Waals surface area contributed by atoms with Crippen LogP contribution in [0.3, 0.4) is 0 Å². The van der Waals surface area contributed by atoms with Gasteiger partial charge in [-0.3, -0.25) is 0 Å². The van der Waals surface area contributed by atoms with E-state index in [1.807, 2.05) is 0 Å². The average molecular weight is 388 g/mol. The molecule has 27 heavy (non-hydrogen) atoms. The first kappa shape index (κ1) is 21.3. The van der Waals surface area contributed by atoms with E-state index >= 15 is 0 Å². The summed E-state index contributed by atoms with van der Waals surface area (Å²) < 4.78 is 50.8. The molecule has 152 valence electrons. The number of halogens is 3. The molecule has 0 saturated carbocycles. The monoisotopic (exact) mass is 388 g/mol. The average Bonchev–Trinajstić information content (AvgIpc) is 2.84. The fourth-order valence-corrected chi connectivity index (χ4v) is 3.11. The molecule has 1 fully saturated rings. The molecule has 1 aromatic carbocycles. The summed E-state index contributed by atoms with van der Waals surface area (Å²) in [6, 6.07) is 3.47. The molecule has 5 nitrogen and oxygen atoms in total. The van der Waals surface area contributed by atoms with Crippen LogP contribution in [-0.2, 0) is 17.5 Å². The number of nitrogens with zero attached hydrogens (tertiary/aromatic N) is 1. The lowest BCUT2D eigenvalue weighted by Gasteiger charge is -2.22. The number of rotatable bonds is 5. The van der Waals surface area contributed by atoms with Gasteiger partial charge in [-0.1, -0.05) is 6.07 Å². The number of carbonyl (C=O) groups is 1. The second kappa shape index (κ2) is 9.30. The van der Waals surface area contributed by atoms with Crippen molar-refractivity contribution in [3.8, 4) is 5.75 Å². The number of nitrogens with one attached hydrogen (secondary N) is 1. The molecule has 0 radical (unpaired) electrons. The van der Waals surface area contributed by atoms with E-state index in [0.717, 1.165) is 25.3 Å². The van der Waals surface area contributed by atoms with Gasteiger partial charge in [0.1, 0.15) is 5.75 Å². The largest absolute Gasteiger partial charge is 0.491 e. The number of benzene rings is 1. The van der Waals surface area contributed by atoms with Crippen molar-refractivity contribution < 1.29 is 27.4 Å². The van der Waals surface area contributed by atoms with E-state index < -0.39 is 11.7 Å². The topological polar surface area (TPSA) is 50.8 Å². The highest BCUT2D eigenvalue weighted by molar-refractivity contribution is 5.74. The number of methoxy groups -OCH3 is 1. The van der Waals surface area contributed by atoms with Crippen LogP contribution in [0.5, 0.6) is 5.75 Å². The van der Waals surface area contributed by atoms with Gasteiger partial charge in [0.05, 0.1) is 17.8 Å². The number of amides is 2. The number of carbonyl (C=O) groups excluding carboxylic acids is 1. The molecule has 0 aliphatic carbocycles. The van der Waals surface area contributed by atoms with E-state index in [2.05, 4.69) is 5.32 Å². The Morgan fingerprint density at radius 2 is 2.04 bits per heavy atom. The molecule has 2 rings (SSSR count). The Morgan fingerprint density at radius 3 is 2.67 bits per heavy atom. The van der Waals surface area contributed by atoms with Gasteiger partial charge in [-0.15, -0.1) is 0 Å². The van der Waals surface area contributed by atoms with Crippen molar-refractivity contribution in [2.75, 3.05) is 20.2 Å². The van der Waals surface area contributed by atoms with Gasteiger partial charge >= 0.3 is 12.2 Å². The van der Waals surface area contributed by atoms with Crippen LogP contribution in [0.25, 0.3) is 0 Å². The molecule has 1 saturated heterocycles. The Hall–Kier alpha value is -1.96. The van der Waals surface area contributed by atoms with E-state index in [4.69, 9.17) is 9.47 Å². The molecule has 0 aromatic heterocycles. The SMILES string of the molecule is COC1CCCN(C(=O)NCc2ccc(OC(C)C)cc2C(F)(F)F)CC1. The van der Waals surface area contributed by atoms with E-state index in [1.54, 1.807) is 25.9 Å². The van der Waals surface area contributed by atoms with Gasteiger partial charge in [-0.25, -0.2) is 4.79 Å². The minimum Gasteiger partial charge on any atom is -0.491 e. The number of likely N-dealkylation sites (tertiary alicyclic amines) is 1. The highest BCUT2D eigenvalue weighted by Crippen LogP contribution is 2.34. The lowest BCUT2D eigenvalue weighted by Crippen LogP contribution is -2.40. The molecule has 1 aromatic rings. The quantitative estimate of drug-likeness (QED) is 0.822. The second-order valence-electron chi connectivity index (χ2n) is 6.92. The third-order valence-corrected chi connectivity index (χ3v) is 4.48. The van der Waals surface area contributed by atoms with Gasteiger partial charge in [-0.2, -0.15) is 13.2 Å². The van der Waals surface area contributed by atoms with Crippen molar-refractivity contribution in [1.82, 2.24) is 10.2 Å². The third-order valence-electron chi connectivity index (χ3n) is 4.48. The van der Waals surface area contributed by atoms with E-state index in [-0.39, 0.29) is 36.1 Å². The number of hydrogen-bond acceptors (Lipinski definition) is 3. The zero-order valence-corrected chi connectivity index (χ0v) is 15.9. The number of urea groups is 1. The van der Waals surface area contributed by atoms with Crippen molar-refractivity contribution in [2.24, 2.45) is 0 Å². The van der Waals surface area contributed by atoms with Crippen LogP contribution >= 0.6 is 0 Å². The maximum atomic E-state index is 13.4. The van der Waals surface area contributed by atoms with Crippen LogP contribution in [0.15, 0.2) is 18.2 Å². The second-order valence-corrected chi connectivity index (χ2v) is 6.92. The van der Waals surface area contributed by atoms with Crippen molar-refractivity contribution in [3.63, 3.8) is 0 Å². The predicted molar refractivity (Wildman–Crippen MR) is 95.7 cm³/mol. The number of alkyl halides is 3. The van der Waals surface area contributed by atoms with Gasteiger partial charge in [0.15, 0.2) is 0 Å². The van der Waals surface area contributed by atoms with Crippen LogP contribution in [0, 0.1) is 0 Å². The Bertz CT molecular complexity index is 635. The van der Waals surface area contributed by atoms with Gasteiger partial charge < -0.3 is 19.7 Å². The zero-order valence-electron chi connectivity index (χ0n) is 15.9. The summed E-state index contributed by atoms with van der Waals surface area (Å²) in [4.78, 5) is 14.0. The molecular weight excluding hydrogens is 361 g/mol. The normalized spacial score (nSPS) is 18.3. The minimum atomic E-state index is -4.52. The summed E-state index contributed by atoms with van der Waals surface area (Å²) in [5, 5.41) is 2.61. The molecule has 8 heteroatoms. The molecule has 1 unspecified atom stereocenters. The summed E-state index contributed by atoms with van der Waals surface area (Å²) in [6.45, 7) is 4.39. The summed E-state index contributed by atoms with van der Waals surface area (Å²) in [5.41, 5.74) is -0.784. The summed E-state index contributed by atoms with van der Waals surface area (Å²) in [6.07, 6.45) is -2.23. The standard InChI is InChI=1S/C19H27F3N2O3/c1-13(2)27-16-7-6-14(17(11-16)19(20,21)22)12-23-18(25)24-9-4-5-15(26-3)8-10-24/h6-7,11,13,15H,4-5,8-10,12H2,1-3H3,(H,23,25). The van der Waals surface area contributed by atoms with Crippen molar-refractivity contribution in [3.05, 3.63) is 29.3 Å². The summed E-state index contributed by atoms with van der Waals surface area (Å²) in [5.74, 6) is 0.158. The molecule has 1 aliphatic heterocycles. The zero-order chi connectivity index (χ0) is 20.0. The maximum absolute atomic E-state index is 13.4. The summed E-state index contributed by atoms with van der Waals surface area (Å²) in [7, 11) is 1.64. The fourth-order valence-electron chi connectivity index (χ4n) is 3.11. The highest BCUT2D eigenvalue weighted by Gasteiger charge is 2.34. The van der Waals surface area contributed by atoms with Crippen LogP contribution in [0.2, 0.25) is 0 Å². The van der Waals surface area contributed by atoms with Crippen LogP contribution in [0.1, 0.15) is 44.2 Å². The third kappa shape index (κ3) is 6.30. The van der Waals surface area contributed by atoms with E-state index in [1.165, 1.54) is 12.1 Å². The molecule has 1 heterocycles. The lowest BCUT2D eigenvalue weighted by molar-refractivity contribution is -0.138. The molecule has 1 N–H and O–H groups in total. The van der Waals surface area contributed by atoms with Gasteiger partial charge in [-0.05, 0) is 50.8 Å². The van der Waals surface area contributed by atoms with E-state index in [0.29, 0.717) is 13.1 Å². The van der Waals surface area contributed by atoms with Crippen LogP contribution in [0.4, 0.5) is 18.0 Å². The first-order chi connectivity index (χ1) is 12.7. The van der Waals surface area contributed by atoms with E-state index in [9.17, 15) is 18.0 Å². The van der Waals surface area contributed by atoms with Crippen LogP contribution < -0.4 is 10.1 Å². The Kier molecular flexibility index (Phi) is 7.35. The van der Waals surface area contributed by atoms with Crippen molar-refractivity contribution in [2.45, 2.75) is 58.0 Å². The predicted octanol–water partition coefficient (Wildman–Crippen LogP) is 4.20. The maximum Gasteiger partial charge on any atom is 0.416 e. The number of hydrogen-bond donors (Lipinski definition) is 1. The van der Waals surface area contributed by atoms with Gasteiger partial charge in [0.25, 0.3) is 0 Å². The van der Waals surface area contributed by atoms with Crippen molar-refractivity contribution >= 4 is 6.03 Å². The number of ether oxygens (including phenoxy) is 2. The Balaban J connectivity index is 2.04. The smallest absolute Gasteiger partial charge is 0.416 e. The van der Waals surface area contributed by atoms with Gasteiger partial charge in [0.2, 0.25) is 0 Å². The molecule has 1 atom stereocenters. The molecule has 0 spiro atoms. The minimum absolute atomic E-state index is 0.0107. The fraction of sp³-hybridized carbons (Fsp3) is 0.632. The molecule has 1 aliphatic rings. The molecular formula is C19H27F3N2O3. The van der Waals surface area contributed by atoms with Gasteiger partial charge in [0, 0.05) is 26.7 Å². The lowest BCUT2D eigenvalue weighted by atomic mass is 10.1. The first-order valence-electron chi connectivity index (χ1n) is 9.13. The molecule has 0 bridgehead atoms. The molecule has 2 amide bonds. The Labute approximate surface area is 157 Å².